The fourth-order valence-corrected chi connectivity index (χ4v) is 5.01. The van der Waals surface area contributed by atoms with Gasteiger partial charge in [0.25, 0.3) is 0 Å². The van der Waals surface area contributed by atoms with Crippen LogP contribution in [0.15, 0.2) is 71.3 Å². The SMILES string of the molecule is CCCc1onc(-c2c(Cl)cccc2Cl)c1COc1ccc(-c2ccc3c(C(=O)O)cc(C(=O)O)nc3c2)cc1. The lowest BCUT2D eigenvalue weighted by Gasteiger charge is -2.11. The van der Waals surface area contributed by atoms with Gasteiger partial charge in [-0.15, -0.1) is 0 Å². The van der Waals surface area contributed by atoms with Crippen molar-refractivity contribution in [2.75, 3.05) is 0 Å². The van der Waals surface area contributed by atoms with Crippen LogP contribution in [0, 0.1) is 0 Å². The lowest BCUT2D eigenvalue weighted by atomic mass is 10.0. The average Bonchev–Trinajstić information content (AvgIpc) is 3.33. The standard InChI is InChI=1S/C30H22Cl2N2O6/c1-2-4-26-21(28(34-40-26)27-22(31)5-3-6-23(27)32)15-39-18-10-7-16(8-11-18)17-9-12-19-20(29(35)36)14-25(30(37)38)33-24(19)13-17/h3,5-14H,2,4,15H2,1H3,(H,35,36)(H,37,38). The van der Waals surface area contributed by atoms with Gasteiger partial charge < -0.3 is 19.5 Å². The molecule has 202 valence electrons. The van der Waals surface area contributed by atoms with E-state index in [0.717, 1.165) is 29.2 Å². The van der Waals surface area contributed by atoms with Gasteiger partial charge in [-0.1, -0.05) is 65.6 Å². The summed E-state index contributed by atoms with van der Waals surface area (Å²) in [6, 6.07) is 18.7. The molecule has 0 unspecified atom stereocenters. The monoisotopic (exact) mass is 576 g/mol. The number of aromatic nitrogens is 2. The summed E-state index contributed by atoms with van der Waals surface area (Å²) in [6.07, 6.45) is 1.53. The fourth-order valence-electron chi connectivity index (χ4n) is 4.43. The minimum absolute atomic E-state index is 0.119. The van der Waals surface area contributed by atoms with Crippen molar-refractivity contribution in [3.05, 3.63) is 99.4 Å². The van der Waals surface area contributed by atoms with Crippen molar-refractivity contribution in [1.29, 1.82) is 0 Å². The summed E-state index contributed by atoms with van der Waals surface area (Å²) in [5, 5.41) is 24.4. The highest BCUT2D eigenvalue weighted by Gasteiger charge is 2.22. The second kappa shape index (κ2) is 11.4. The summed E-state index contributed by atoms with van der Waals surface area (Å²) in [4.78, 5) is 27.2. The van der Waals surface area contributed by atoms with Crippen LogP contribution in [-0.2, 0) is 13.0 Å². The van der Waals surface area contributed by atoms with Gasteiger partial charge in [-0.05, 0) is 53.9 Å². The van der Waals surface area contributed by atoms with E-state index in [4.69, 9.17) is 32.5 Å². The first-order chi connectivity index (χ1) is 19.3. The minimum Gasteiger partial charge on any atom is -0.489 e. The van der Waals surface area contributed by atoms with Gasteiger partial charge in [-0.25, -0.2) is 14.6 Å². The highest BCUT2D eigenvalue weighted by atomic mass is 35.5. The van der Waals surface area contributed by atoms with E-state index in [0.29, 0.717) is 44.6 Å². The van der Waals surface area contributed by atoms with Gasteiger partial charge in [0.05, 0.1) is 26.7 Å². The Morgan fingerprint density at radius 3 is 2.27 bits per heavy atom. The van der Waals surface area contributed by atoms with E-state index < -0.39 is 11.9 Å². The number of carbonyl (C=O) groups is 2. The second-order valence-electron chi connectivity index (χ2n) is 8.99. The molecule has 0 amide bonds. The van der Waals surface area contributed by atoms with Crippen LogP contribution in [0.4, 0.5) is 0 Å². The van der Waals surface area contributed by atoms with E-state index in [2.05, 4.69) is 10.1 Å². The van der Waals surface area contributed by atoms with Gasteiger partial charge >= 0.3 is 11.9 Å². The number of fused-ring (bicyclic) bond motifs is 1. The zero-order valence-electron chi connectivity index (χ0n) is 21.1. The molecule has 5 rings (SSSR count). The first-order valence-corrected chi connectivity index (χ1v) is 13.1. The summed E-state index contributed by atoms with van der Waals surface area (Å²) in [7, 11) is 0. The van der Waals surface area contributed by atoms with E-state index >= 15 is 0 Å². The van der Waals surface area contributed by atoms with Crippen LogP contribution in [0.5, 0.6) is 5.75 Å². The molecule has 0 bridgehead atoms. The molecule has 0 saturated heterocycles. The molecular weight excluding hydrogens is 555 g/mol. The first kappa shape index (κ1) is 27.2. The number of halogens is 2. The number of pyridine rings is 1. The largest absolute Gasteiger partial charge is 0.489 e. The second-order valence-corrected chi connectivity index (χ2v) is 9.80. The molecule has 0 fully saturated rings. The fraction of sp³-hybridized carbons (Fsp3) is 0.133. The van der Waals surface area contributed by atoms with Gasteiger partial charge in [0, 0.05) is 17.4 Å². The predicted molar refractivity (Wildman–Crippen MR) is 151 cm³/mol. The maximum Gasteiger partial charge on any atom is 0.354 e. The van der Waals surface area contributed by atoms with Crippen LogP contribution in [0.3, 0.4) is 0 Å². The first-order valence-electron chi connectivity index (χ1n) is 12.3. The number of aryl methyl sites for hydroxylation is 1. The Labute approximate surface area is 238 Å². The molecule has 40 heavy (non-hydrogen) atoms. The van der Waals surface area contributed by atoms with Gasteiger partial charge in [0.2, 0.25) is 0 Å². The molecule has 0 aliphatic heterocycles. The molecule has 0 saturated carbocycles. The third-order valence-corrected chi connectivity index (χ3v) is 7.01. The van der Waals surface area contributed by atoms with Crippen molar-refractivity contribution in [2.24, 2.45) is 0 Å². The number of carboxylic acids is 2. The van der Waals surface area contributed by atoms with E-state index in [9.17, 15) is 19.8 Å². The van der Waals surface area contributed by atoms with Crippen molar-refractivity contribution in [2.45, 2.75) is 26.4 Å². The predicted octanol–water partition coefficient (Wildman–Crippen LogP) is 7.79. The number of aromatic carboxylic acids is 2. The molecule has 0 aliphatic carbocycles. The minimum atomic E-state index is -1.30. The number of benzene rings is 3. The average molecular weight is 577 g/mol. The van der Waals surface area contributed by atoms with Crippen LogP contribution >= 0.6 is 23.2 Å². The van der Waals surface area contributed by atoms with Crippen LogP contribution < -0.4 is 4.74 Å². The number of carboxylic acid groups (broad SMARTS) is 2. The topological polar surface area (TPSA) is 123 Å². The number of ether oxygens (including phenoxy) is 1. The molecule has 3 aromatic carbocycles. The third-order valence-electron chi connectivity index (χ3n) is 6.38. The molecule has 0 spiro atoms. The van der Waals surface area contributed by atoms with E-state index in [1.54, 1.807) is 48.5 Å². The molecule has 10 heteroatoms. The Morgan fingerprint density at radius 2 is 1.62 bits per heavy atom. The molecule has 2 heterocycles. The van der Waals surface area contributed by atoms with Gasteiger partial charge in [-0.2, -0.15) is 0 Å². The van der Waals surface area contributed by atoms with Crippen LogP contribution in [0.25, 0.3) is 33.3 Å². The quantitative estimate of drug-likeness (QED) is 0.182. The lowest BCUT2D eigenvalue weighted by molar-refractivity contribution is 0.0691. The molecule has 8 nitrogen and oxygen atoms in total. The number of hydrogen-bond donors (Lipinski definition) is 2. The summed E-state index contributed by atoms with van der Waals surface area (Å²) in [5.41, 5.74) is 3.28. The van der Waals surface area contributed by atoms with E-state index in [1.807, 2.05) is 19.1 Å². The van der Waals surface area contributed by atoms with Crippen LogP contribution in [0.1, 0.15) is 45.5 Å². The maximum atomic E-state index is 11.7. The van der Waals surface area contributed by atoms with Crippen LogP contribution in [-0.4, -0.2) is 32.3 Å². The zero-order chi connectivity index (χ0) is 28.4. The van der Waals surface area contributed by atoms with Crippen molar-refractivity contribution >= 4 is 46.0 Å². The Bertz CT molecular complexity index is 1730. The number of hydrogen-bond acceptors (Lipinski definition) is 6. The van der Waals surface area contributed by atoms with Gasteiger partial charge in [0.15, 0.2) is 0 Å². The Morgan fingerprint density at radius 1 is 0.925 bits per heavy atom. The molecular formula is C30H22Cl2N2O6. The van der Waals surface area contributed by atoms with Gasteiger partial charge in [-0.3, -0.25) is 0 Å². The number of rotatable bonds is 9. The Kier molecular flexibility index (Phi) is 7.73. The smallest absolute Gasteiger partial charge is 0.354 e. The number of nitrogens with zero attached hydrogens (tertiary/aromatic N) is 2. The molecule has 0 atom stereocenters. The lowest BCUT2D eigenvalue weighted by Crippen LogP contribution is -2.06. The van der Waals surface area contributed by atoms with Crippen LogP contribution in [0.2, 0.25) is 10.0 Å². The molecule has 5 aromatic rings. The highest BCUT2D eigenvalue weighted by molar-refractivity contribution is 6.39. The highest BCUT2D eigenvalue weighted by Crippen LogP contribution is 2.38. The Balaban J connectivity index is 1.41. The third kappa shape index (κ3) is 5.36. The van der Waals surface area contributed by atoms with Gasteiger partial charge in [0.1, 0.15) is 29.5 Å². The molecule has 2 aromatic heterocycles. The van der Waals surface area contributed by atoms with Crippen molar-refractivity contribution in [3.8, 4) is 28.1 Å². The van der Waals surface area contributed by atoms with E-state index in [-0.39, 0.29) is 23.4 Å². The summed E-state index contributed by atoms with van der Waals surface area (Å²) in [6.45, 7) is 2.23. The molecule has 2 N–H and O–H groups in total. The summed E-state index contributed by atoms with van der Waals surface area (Å²) in [5.74, 6) is -1.22. The maximum absolute atomic E-state index is 11.7. The van der Waals surface area contributed by atoms with Crippen molar-refractivity contribution in [1.82, 2.24) is 10.1 Å². The summed E-state index contributed by atoms with van der Waals surface area (Å²) < 4.78 is 11.7. The Hall–Kier alpha value is -4.40. The zero-order valence-corrected chi connectivity index (χ0v) is 22.7. The molecule has 0 radical (unpaired) electrons. The van der Waals surface area contributed by atoms with Crippen molar-refractivity contribution in [3.63, 3.8) is 0 Å². The van der Waals surface area contributed by atoms with E-state index in [1.165, 1.54) is 0 Å². The normalized spacial score (nSPS) is 11.1. The molecule has 0 aliphatic rings. The summed E-state index contributed by atoms with van der Waals surface area (Å²) >= 11 is 12.9. The van der Waals surface area contributed by atoms with Crippen molar-refractivity contribution < 1.29 is 29.1 Å².